The van der Waals surface area contributed by atoms with Crippen molar-refractivity contribution < 1.29 is 9.47 Å². The van der Waals surface area contributed by atoms with Crippen molar-refractivity contribution in [3.63, 3.8) is 0 Å². The van der Waals surface area contributed by atoms with Gasteiger partial charge in [-0.2, -0.15) is 0 Å². The minimum Gasteiger partial charge on any atom is -0.348 e. The molecule has 4 atom stereocenters. The van der Waals surface area contributed by atoms with Crippen LogP contribution in [0.4, 0.5) is 0 Å². The van der Waals surface area contributed by atoms with E-state index in [9.17, 15) is 0 Å². The number of hydrogen-bond donors (Lipinski definition) is 0. The van der Waals surface area contributed by atoms with Crippen LogP contribution < -0.4 is 0 Å². The normalized spacial score (nSPS) is 34.1. The second kappa shape index (κ2) is 7.99. The first-order valence-corrected chi connectivity index (χ1v) is 8.34. The molecule has 2 heteroatoms. The third kappa shape index (κ3) is 4.20. The quantitative estimate of drug-likeness (QED) is 0.646. The molecule has 1 saturated heterocycles. The van der Waals surface area contributed by atoms with Gasteiger partial charge in [0.25, 0.3) is 0 Å². The van der Waals surface area contributed by atoms with E-state index in [0.717, 1.165) is 37.4 Å². The summed E-state index contributed by atoms with van der Waals surface area (Å²) in [4.78, 5) is 0. The molecule has 20 heavy (non-hydrogen) atoms. The monoisotopic (exact) mass is 278 g/mol. The van der Waals surface area contributed by atoms with Crippen molar-refractivity contribution in [1.29, 1.82) is 0 Å². The molecule has 0 saturated carbocycles. The summed E-state index contributed by atoms with van der Waals surface area (Å²) in [6.45, 7) is 9.52. The Hall–Kier alpha value is -0.600. The van der Waals surface area contributed by atoms with E-state index in [-0.39, 0.29) is 6.29 Å². The van der Waals surface area contributed by atoms with E-state index in [2.05, 4.69) is 32.6 Å². The molecule has 1 heterocycles. The Morgan fingerprint density at radius 2 is 2.15 bits per heavy atom. The second-order valence-electron chi connectivity index (χ2n) is 6.31. The van der Waals surface area contributed by atoms with E-state index in [1.807, 2.05) is 0 Å². The van der Waals surface area contributed by atoms with Crippen molar-refractivity contribution in [3.8, 4) is 0 Å². The summed E-state index contributed by atoms with van der Waals surface area (Å²) in [6.07, 6.45) is 12.9. The second-order valence-corrected chi connectivity index (χ2v) is 6.31. The smallest absolute Gasteiger partial charge is 0.179 e. The van der Waals surface area contributed by atoms with E-state index in [4.69, 9.17) is 9.47 Å². The number of rotatable bonds is 6. The fourth-order valence-corrected chi connectivity index (χ4v) is 3.32. The highest BCUT2D eigenvalue weighted by Gasteiger charge is 2.32. The van der Waals surface area contributed by atoms with E-state index in [0.29, 0.717) is 12.0 Å². The Morgan fingerprint density at radius 3 is 2.80 bits per heavy atom. The van der Waals surface area contributed by atoms with Crippen LogP contribution in [0.15, 0.2) is 24.3 Å². The van der Waals surface area contributed by atoms with Gasteiger partial charge in [0.2, 0.25) is 0 Å². The van der Waals surface area contributed by atoms with Crippen LogP contribution in [0.1, 0.15) is 58.8 Å². The molecule has 1 aliphatic carbocycles. The lowest BCUT2D eigenvalue weighted by Crippen LogP contribution is -2.40. The topological polar surface area (TPSA) is 18.5 Å². The van der Waals surface area contributed by atoms with Gasteiger partial charge in [-0.3, -0.25) is 0 Å². The molecule has 114 valence electrons. The molecular formula is C18H30O2. The molecule has 0 aromatic rings. The van der Waals surface area contributed by atoms with Crippen LogP contribution in [0.5, 0.6) is 0 Å². The predicted molar refractivity (Wildman–Crippen MR) is 83.5 cm³/mol. The Labute approximate surface area is 124 Å². The minimum absolute atomic E-state index is 0.166. The number of allylic oxidation sites excluding steroid dienone is 2. The van der Waals surface area contributed by atoms with Gasteiger partial charge in [0, 0.05) is 5.92 Å². The molecule has 0 spiro atoms. The lowest BCUT2D eigenvalue weighted by atomic mass is 9.88. The number of hydrogen-bond acceptors (Lipinski definition) is 2. The van der Waals surface area contributed by atoms with Gasteiger partial charge in [0.15, 0.2) is 6.29 Å². The third-order valence-corrected chi connectivity index (χ3v) is 4.65. The van der Waals surface area contributed by atoms with Crippen LogP contribution in [-0.2, 0) is 9.47 Å². The van der Waals surface area contributed by atoms with Gasteiger partial charge in [0.1, 0.15) is 0 Å². The summed E-state index contributed by atoms with van der Waals surface area (Å²) in [5, 5.41) is 0. The molecule has 0 aromatic heterocycles. The molecule has 2 nitrogen and oxygen atoms in total. The van der Waals surface area contributed by atoms with Gasteiger partial charge in [-0.25, -0.2) is 0 Å². The van der Waals surface area contributed by atoms with Crippen molar-refractivity contribution in [2.45, 2.75) is 71.2 Å². The van der Waals surface area contributed by atoms with Crippen molar-refractivity contribution in [2.75, 3.05) is 6.61 Å². The molecule has 0 aromatic carbocycles. The van der Waals surface area contributed by atoms with E-state index < -0.39 is 0 Å². The summed E-state index contributed by atoms with van der Waals surface area (Å²) < 4.78 is 12.1. The van der Waals surface area contributed by atoms with Gasteiger partial charge >= 0.3 is 0 Å². The first kappa shape index (κ1) is 15.8. The molecule has 0 amide bonds. The summed E-state index contributed by atoms with van der Waals surface area (Å²) in [5.74, 6) is 1.28. The van der Waals surface area contributed by atoms with Crippen molar-refractivity contribution >= 4 is 0 Å². The summed E-state index contributed by atoms with van der Waals surface area (Å²) >= 11 is 0. The first-order valence-electron chi connectivity index (χ1n) is 8.34. The molecule has 2 aliphatic rings. The zero-order chi connectivity index (χ0) is 14.4. The molecule has 2 rings (SSSR count). The Balaban J connectivity index is 1.85. The molecule has 0 radical (unpaired) electrons. The Kier molecular flexibility index (Phi) is 6.31. The Morgan fingerprint density at radius 1 is 1.30 bits per heavy atom. The van der Waals surface area contributed by atoms with Crippen molar-refractivity contribution in [3.05, 3.63) is 24.3 Å². The maximum atomic E-state index is 6.19. The van der Waals surface area contributed by atoms with Gasteiger partial charge in [-0.05, 0) is 50.0 Å². The molecule has 0 bridgehead atoms. The average Bonchev–Trinajstić information content (AvgIpc) is 2.48. The van der Waals surface area contributed by atoms with Crippen LogP contribution in [0.25, 0.3) is 0 Å². The van der Waals surface area contributed by atoms with E-state index in [1.165, 1.54) is 25.7 Å². The van der Waals surface area contributed by atoms with E-state index >= 15 is 0 Å². The maximum absolute atomic E-state index is 6.19. The minimum atomic E-state index is -0.166. The first-order chi connectivity index (χ1) is 9.74. The van der Waals surface area contributed by atoms with Gasteiger partial charge in [0.05, 0.1) is 12.7 Å². The fraction of sp³-hybridized carbons (Fsp3) is 0.778. The highest BCUT2D eigenvalue weighted by Crippen LogP contribution is 2.31. The van der Waals surface area contributed by atoms with Gasteiger partial charge < -0.3 is 9.47 Å². The predicted octanol–water partition coefficient (Wildman–Crippen LogP) is 4.86. The third-order valence-electron chi connectivity index (χ3n) is 4.65. The van der Waals surface area contributed by atoms with E-state index in [1.54, 1.807) is 0 Å². The van der Waals surface area contributed by atoms with Crippen LogP contribution in [0, 0.1) is 11.8 Å². The fourth-order valence-electron chi connectivity index (χ4n) is 3.32. The zero-order valence-electron chi connectivity index (χ0n) is 13.1. The molecular weight excluding hydrogens is 248 g/mol. The van der Waals surface area contributed by atoms with Crippen molar-refractivity contribution in [1.82, 2.24) is 0 Å². The van der Waals surface area contributed by atoms with Gasteiger partial charge in [-0.15, -0.1) is 0 Å². The van der Waals surface area contributed by atoms with Crippen LogP contribution in [0.2, 0.25) is 0 Å². The average molecular weight is 278 g/mol. The molecule has 1 fully saturated rings. The standard InChI is InChI=1S/C18H30O2/c1-4-9-17-16(5-2)13-19-18(20-17)14(3)12-15-10-7-6-8-11-15/h6-7,15-18H,3-5,8-13H2,1-2H3. The maximum Gasteiger partial charge on any atom is 0.179 e. The molecule has 1 aliphatic heterocycles. The number of ether oxygens (including phenoxy) is 2. The summed E-state index contributed by atoms with van der Waals surface area (Å²) in [7, 11) is 0. The Bertz CT molecular complexity index is 334. The SMILES string of the molecule is C=C(CC1CC=CCC1)C1OCC(CC)C(CCC)O1. The molecule has 0 N–H and O–H groups in total. The van der Waals surface area contributed by atoms with Crippen LogP contribution in [-0.4, -0.2) is 19.0 Å². The molecule has 4 unspecified atom stereocenters. The lowest BCUT2D eigenvalue weighted by molar-refractivity contribution is -0.221. The largest absolute Gasteiger partial charge is 0.348 e. The zero-order valence-corrected chi connectivity index (χ0v) is 13.1. The highest BCUT2D eigenvalue weighted by atomic mass is 16.7. The van der Waals surface area contributed by atoms with Gasteiger partial charge in [-0.1, -0.05) is 39.0 Å². The summed E-state index contributed by atoms with van der Waals surface area (Å²) in [6, 6.07) is 0. The summed E-state index contributed by atoms with van der Waals surface area (Å²) in [5.41, 5.74) is 1.14. The van der Waals surface area contributed by atoms with Crippen LogP contribution in [0.3, 0.4) is 0 Å². The van der Waals surface area contributed by atoms with Crippen LogP contribution >= 0.6 is 0 Å². The lowest BCUT2D eigenvalue weighted by Gasteiger charge is -2.37. The highest BCUT2D eigenvalue weighted by molar-refractivity contribution is 5.04. The van der Waals surface area contributed by atoms with Crippen molar-refractivity contribution in [2.24, 2.45) is 11.8 Å².